The molecule has 3 heteroatoms. The molecule has 3 rings (SSSR count). The fraction of sp³-hybridized carbons (Fsp3) is 0.0556. The number of fused-ring (bicyclic) bond motifs is 1. The van der Waals surface area contributed by atoms with E-state index in [0.29, 0.717) is 5.56 Å². The smallest absolute Gasteiger partial charge is 0.338 e. The van der Waals surface area contributed by atoms with Crippen LogP contribution in [0.15, 0.2) is 60.7 Å². The molecule has 0 aliphatic heterocycles. The Bertz CT molecular complexity index is 824. The zero-order chi connectivity index (χ0) is 14.8. The minimum absolute atomic E-state index is 0.336. The molecule has 0 saturated heterocycles. The van der Waals surface area contributed by atoms with Crippen molar-refractivity contribution in [3.8, 4) is 11.1 Å². The van der Waals surface area contributed by atoms with Crippen molar-refractivity contribution < 1.29 is 9.53 Å². The largest absolute Gasteiger partial charge is 0.465 e. The molecule has 0 fully saturated rings. The van der Waals surface area contributed by atoms with E-state index in [1.807, 2.05) is 54.6 Å². The Morgan fingerprint density at radius 3 is 2.62 bits per heavy atom. The predicted molar refractivity (Wildman–Crippen MR) is 85.7 cm³/mol. The van der Waals surface area contributed by atoms with Crippen LogP contribution < -0.4 is 0 Å². The van der Waals surface area contributed by atoms with E-state index < -0.39 is 0 Å². The predicted octanol–water partition coefficient (Wildman–Crippen LogP) is 4.95. The van der Waals surface area contributed by atoms with E-state index in [2.05, 4.69) is 0 Å². The molecule has 2 nitrogen and oxygen atoms in total. The Hall–Kier alpha value is -2.32. The van der Waals surface area contributed by atoms with Gasteiger partial charge in [0.05, 0.1) is 12.7 Å². The molecule has 0 spiro atoms. The van der Waals surface area contributed by atoms with E-state index >= 15 is 0 Å². The van der Waals surface area contributed by atoms with Crippen molar-refractivity contribution in [3.05, 3.63) is 71.2 Å². The number of rotatable bonds is 2. The van der Waals surface area contributed by atoms with Gasteiger partial charge in [-0.1, -0.05) is 54.1 Å². The summed E-state index contributed by atoms with van der Waals surface area (Å²) in [6, 6.07) is 19.2. The molecule has 21 heavy (non-hydrogen) atoms. The summed E-state index contributed by atoms with van der Waals surface area (Å²) in [6.45, 7) is 0. The van der Waals surface area contributed by atoms with Crippen molar-refractivity contribution in [1.29, 1.82) is 0 Å². The molecule has 0 bridgehead atoms. The Morgan fingerprint density at radius 2 is 1.81 bits per heavy atom. The number of hydrogen-bond acceptors (Lipinski definition) is 2. The van der Waals surface area contributed by atoms with E-state index in [-0.39, 0.29) is 5.97 Å². The van der Waals surface area contributed by atoms with Crippen LogP contribution in [0.1, 0.15) is 10.4 Å². The van der Waals surface area contributed by atoms with E-state index in [9.17, 15) is 4.79 Å². The van der Waals surface area contributed by atoms with Gasteiger partial charge >= 0.3 is 5.97 Å². The van der Waals surface area contributed by atoms with Gasteiger partial charge in [0.25, 0.3) is 0 Å². The van der Waals surface area contributed by atoms with Crippen molar-refractivity contribution in [2.45, 2.75) is 0 Å². The first-order valence-electron chi connectivity index (χ1n) is 6.56. The van der Waals surface area contributed by atoms with Gasteiger partial charge in [0.15, 0.2) is 0 Å². The van der Waals surface area contributed by atoms with Gasteiger partial charge in [-0.05, 0) is 34.7 Å². The summed E-state index contributed by atoms with van der Waals surface area (Å²) < 4.78 is 4.84. The van der Waals surface area contributed by atoms with Crippen LogP contribution in [0.4, 0.5) is 0 Å². The Labute approximate surface area is 127 Å². The second kappa shape index (κ2) is 5.58. The third-order valence-corrected chi connectivity index (χ3v) is 3.80. The highest BCUT2D eigenvalue weighted by atomic mass is 35.5. The molecule has 0 atom stereocenters. The van der Waals surface area contributed by atoms with Crippen LogP contribution in [0.25, 0.3) is 21.9 Å². The van der Waals surface area contributed by atoms with Crippen LogP contribution in [0.5, 0.6) is 0 Å². The zero-order valence-corrected chi connectivity index (χ0v) is 12.2. The van der Waals surface area contributed by atoms with Crippen LogP contribution in [0.2, 0.25) is 5.02 Å². The topological polar surface area (TPSA) is 26.3 Å². The summed E-state index contributed by atoms with van der Waals surface area (Å²) in [5.74, 6) is -0.336. The van der Waals surface area contributed by atoms with E-state index in [4.69, 9.17) is 16.3 Å². The van der Waals surface area contributed by atoms with Gasteiger partial charge in [0, 0.05) is 10.4 Å². The molecule has 3 aromatic carbocycles. The van der Waals surface area contributed by atoms with Crippen molar-refractivity contribution >= 4 is 28.3 Å². The third-order valence-electron chi connectivity index (χ3n) is 3.47. The maximum absolute atomic E-state index is 11.9. The maximum atomic E-state index is 11.9. The molecular formula is C18H13ClO2. The Morgan fingerprint density at radius 1 is 1.00 bits per heavy atom. The van der Waals surface area contributed by atoms with Crippen LogP contribution in [0, 0.1) is 0 Å². The number of carbonyl (C=O) groups excluding carboxylic acids is 1. The lowest BCUT2D eigenvalue weighted by Crippen LogP contribution is -2.03. The molecular weight excluding hydrogens is 284 g/mol. The zero-order valence-electron chi connectivity index (χ0n) is 11.5. The standard InChI is InChI=1S/C18H13ClO2/c1-21-18(20)16-7-3-2-6-14(16)13-9-10-15-12(11-13)5-4-8-17(15)19/h2-11H,1H3. The van der Waals surface area contributed by atoms with E-state index in [1.54, 1.807) is 6.07 Å². The minimum atomic E-state index is -0.336. The lowest BCUT2D eigenvalue weighted by molar-refractivity contribution is 0.0601. The van der Waals surface area contributed by atoms with Gasteiger partial charge in [0.1, 0.15) is 0 Å². The van der Waals surface area contributed by atoms with Crippen LogP contribution >= 0.6 is 11.6 Å². The summed E-state index contributed by atoms with van der Waals surface area (Å²) >= 11 is 6.19. The number of halogens is 1. The Kier molecular flexibility index (Phi) is 3.63. The number of esters is 1. The molecule has 3 aromatic rings. The first-order valence-corrected chi connectivity index (χ1v) is 6.94. The molecule has 104 valence electrons. The highest BCUT2D eigenvalue weighted by Gasteiger charge is 2.12. The number of carbonyl (C=O) groups is 1. The summed E-state index contributed by atoms with van der Waals surface area (Å²) in [5, 5.41) is 2.76. The molecule has 0 aliphatic carbocycles. The van der Waals surface area contributed by atoms with Crippen LogP contribution in [-0.4, -0.2) is 13.1 Å². The second-order valence-corrected chi connectivity index (χ2v) is 5.12. The van der Waals surface area contributed by atoms with E-state index in [1.165, 1.54) is 7.11 Å². The second-order valence-electron chi connectivity index (χ2n) is 4.71. The quantitative estimate of drug-likeness (QED) is 0.626. The third kappa shape index (κ3) is 2.50. The summed E-state index contributed by atoms with van der Waals surface area (Å²) in [5.41, 5.74) is 2.37. The van der Waals surface area contributed by atoms with Gasteiger partial charge < -0.3 is 4.74 Å². The van der Waals surface area contributed by atoms with Gasteiger partial charge in [0.2, 0.25) is 0 Å². The first-order chi connectivity index (χ1) is 10.2. The number of hydrogen-bond donors (Lipinski definition) is 0. The summed E-state index contributed by atoms with van der Waals surface area (Å²) in [6.07, 6.45) is 0. The number of ether oxygens (including phenoxy) is 1. The molecule has 0 amide bonds. The molecule has 0 saturated carbocycles. The molecule has 0 radical (unpaired) electrons. The lowest BCUT2D eigenvalue weighted by atomic mass is 9.97. The highest BCUT2D eigenvalue weighted by Crippen LogP contribution is 2.30. The van der Waals surface area contributed by atoms with Crippen molar-refractivity contribution in [2.24, 2.45) is 0 Å². The number of methoxy groups -OCH3 is 1. The van der Waals surface area contributed by atoms with E-state index in [0.717, 1.165) is 26.9 Å². The monoisotopic (exact) mass is 296 g/mol. The minimum Gasteiger partial charge on any atom is -0.465 e. The summed E-state index contributed by atoms with van der Waals surface area (Å²) in [4.78, 5) is 11.9. The SMILES string of the molecule is COC(=O)c1ccccc1-c1ccc2c(Cl)cccc2c1. The van der Waals surface area contributed by atoms with Crippen molar-refractivity contribution in [3.63, 3.8) is 0 Å². The first kappa shape index (κ1) is 13.7. The van der Waals surface area contributed by atoms with Gasteiger partial charge in [-0.2, -0.15) is 0 Å². The molecule has 0 unspecified atom stereocenters. The van der Waals surface area contributed by atoms with Crippen molar-refractivity contribution in [2.75, 3.05) is 7.11 Å². The van der Waals surface area contributed by atoms with Crippen LogP contribution in [0.3, 0.4) is 0 Å². The average molecular weight is 297 g/mol. The van der Waals surface area contributed by atoms with Gasteiger partial charge in [-0.15, -0.1) is 0 Å². The highest BCUT2D eigenvalue weighted by molar-refractivity contribution is 6.35. The molecule has 0 aliphatic rings. The van der Waals surface area contributed by atoms with Crippen molar-refractivity contribution in [1.82, 2.24) is 0 Å². The Balaban J connectivity index is 2.19. The van der Waals surface area contributed by atoms with Crippen LogP contribution in [-0.2, 0) is 4.74 Å². The lowest BCUT2D eigenvalue weighted by Gasteiger charge is -2.09. The molecule has 0 N–H and O–H groups in total. The summed E-state index contributed by atoms with van der Waals surface area (Å²) in [7, 11) is 1.39. The fourth-order valence-corrected chi connectivity index (χ4v) is 2.68. The van der Waals surface area contributed by atoms with Gasteiger partial charge in [-0.3, -0.25) is 0 Å². The average Bonchev–Trinajstić information content (AvgIpc) is 2.54. The number of benzene rings is 3. The molecule has 0 heterocycles. The maximum Gasteiger partial charge on any atom is 0.338 e. The normalized spacial score (nSPS) is 10.6. The fourth-order valence-electron chi connectivity index (χ4n) is 2.43. The van der Waals surface area contributed by atoms with Gasteiger partial charge in [-0.25, -0.2) is 4.79 Å². The molecule has 0 aromatic heterocycles.